The van der Waals surface area contributed by atoms with Gasteiger partial charge in [0.2, 0.25) is 0 Å². The molecule has 1 aromatic carbocycles. The zero-order chi connectivity index (χ0) is 19.9. The molecular formula is C23H37N3O2. The highest BCUT2D eigenvalue weighted by Gasteiger charge is 2.28. The van der Waals surface area contributed by atoms with Gasteiger partial charge in [0, 0.05) is 32.7 Å². The van der Waals surface area contributed by atoms with Crippen LogP contribution in [0.2, 0.25) is 0 Å². The molecule has 2 N–H and O–H groups in total. The summed E-state index contributed by atoms with van der Waals surface area (Å²) in [6.45, 7) is 10.3. The van der Waals surface area contributed by atoms with Crippen LogP contribution in [0.5, 0.6) is 0 Å². The molecule has 2 aliphatic rings. The van der Waals surface area contributed by atoms with Crippen LogP contribution < -0.4 is 5.32 Å². The Morgan fingerprint density at radius 3 is 2.43 bits per heavy atom. The minimum absolute atomic E-state index is 0.0491. The molecule has 0 aromatic heterocycles. The summed E-state index contributed by atoms with van der Waals surface area (Å²) in [5.41, 5.74) is 0.978. The van der Waals surface area contributed by atoms with E-state index < -0.39 is 6.10 Å². The summed E-state index contributed by atoms with van der Waals surface area (Å²) >= 11 is 0. The van der Waals surface area contributed by atoms with E-state index >= 15 is 0 Å². The van der Waals surface area contributed by atoms with Gasteiger partial charge in [-0.3, -0.25) is 0 Å². The predicted octanol–water partition coefficient (Wildman–Crippen LogP) is 3.51. The van der Waals surface area contributed by atoms with Crippen LogP contribution in [0.3, 0.4) is 0 Å². The van der Waals surface area contributed by atoms with Crippen molar-refractivity contribution in [1.82, 2.24) is 15.1 Å². The molecule has 2 saturated heterocycles. The molecule has 0 spiro atoms. The fourth-order valence-corrected chi connectivity index (χ4v) is 4.93. The lowest BCUT2D eigenvalue weighted by Gasteiger charge is -2.35. The Balaban J connectivity index is 1.33. The van der Waals surface area contributed by atoms with Crippen molar-refractivity contribution < 1.29 is 9.90 Å². The molecule has 0 radical (unpaired) electrons. The number of nitrogens with one attached hydrogen (secondary N) is 1. The summed E-state index contributed by atoms with van der Waals surface area (Å²) in [4.78, 5) is 16.9. The molecule has 3 rings (SSSR count). The number of likely N-dealkylation sites (tertiary alicyclic amines) is 2. The number of aliphatic hydroxyl groups is 1. The molecule has 156 valence electrons. The van der Waals surface area contributed by atoms with E-state index in [0.717, 1.165) is 62.8 Å². The molecule has 2 aliphatic heterocycles. The number of rotatable bonds is 6. The van der Waals surface area contributed by atoms with E-state index in [9.17, 15) is 9.90 Å². The molecular weight excluding hydrogens is 350 g/mol. The second-order valence-corrected chi connectivity index (χ2v) is 8.97. The first kappa shape index (κ1) is 21.1. The van der Waals surface area contributed by atoms with Gasteiger partial charge >= 0.3 is 6.03 Å². The molecule has 3 unspecified atom stereocenters. The molecule has 1 aromatic rings. The highest BCUT2D eigenvalue weighted by atomic mass is 16.3. The number of aliphatic hydroxyl groups excluding tert-OH is 1. The van der Waals surface area contributed by atoms with Crippen molar-refractivity contribution in [3.05, 3.63) is 35.9 Å². The third-order valence-electron chi connectivity index (χ3n) is 6.29. The molecule has 2 amide bonds. The van der Waals surface area contributed by atoms with Gasteiger partial charge in [0.25, 0.3) is 0 Å². The summed E-state index contributed by atoms with van der Waals surface area (Å²) in [6, 6.07) is 9.91. The van der Waals surface area contributed by atoms with Crippen LogP contribution in [-0.2, 0) is 0 Å². The molecule has 2 fully saturated rings. The summed E-state index contributed by atoms with van der Waals surface area (Å²) < 4.78 is 0. The third-order valence-corrected chi connectivity index (χ3v) is 6.29. The van der Waals surface area contributed by atoms with Crippen molar-refractivity contribution in [2.45, 2.75) is 45.6 Å². The molecule has 0 bridgehead atoms. The standard InChI is InChI=1S/C23H37N3O2/c1-18-15-19(2)17-25(16-18)12-6-11-24-23(28)26-13-9-21(10-14-26)22(27)20-7-4-3-5-8-20/h3-5,7-8,18-19,21-22,27H,6,9-17H2,1-2H3,(H,24,28). The van der Waals surface area contributed by atoms with Gasteiger partial charge in [-0.2, -0.15) is 0 Å². The van der Waals surface area contributed by atoms with Gasteiger partial charge in [0.15, 0.2) is 0 Å². The third kappa shape index (κ3) is 5.95. The molecule has 5 nitrogen and oxygen atoms in total. The minimum atomic E-state index is -0.430. The SMILES string of the molecule is CC1CC(C)CN(CCCNC(=O)N2CCC(C(O)c3ccccc3)CC2)C1. The van der Waals surface area contributed by atoms with E-state index in [2.05, 4.69) is 24.1 Å². The zero-order valence-electron chi connectivity index (χ0n) is 17.5. The first-order valence-electron chi connectivity index (χ1n) is 11.0. The van der Waals surface area contributed by atoms with Gasteiger partial charge < -0.3 is 20.2 Å². The van der Waals surface area contributed by atoms with E-state index in [4.69, 9.17) is 0 Å². The van der Waals surface area contributed by atoms with Crippen molar-refractivity contribution in [2.75, 3.05) is 39.3 Å². The number of nitrogens with zero attached hydrogens (tertiary/aromatic N) is 2. The average Bonchev–Trinajstić information content (AvgIpc) is 2.70. The number of amides is 2. The van der Waals surface area contributed by atoms with E-state index in [1.165, 1.54) is 19.5 Å². The number of carbonyl (C=O) groups excluding carboxylic acids is 1. The fraction of sp³-hybridized carbons (Fsp3) is 0.696. The lowest BCUT2D eigenvalue weighted by Crippen LogP contribution is -2.46. The number of urea groups is 1. The Kier molecular flexibility index (Phi) is 7.74. The lowest BCUT2D eigenvalue weighted by atomic mass is 9.87. The Morgan fingerprint density at radius 2 is 1.79 bits per heavy atom. The zero-order valence-corrected chi connectivity index (χ0v) is 17.5. The molecule has 5 heteroatoms. The summed E-state index contributed by atoms with van der Waals surface area (Å²) in [6.07, 6.45) is 3.62. The average molecular weight is 388 g/mol. The van der Waals surface area contributed by atoms with E-state index in [1.807, 2.05) is 35.2 Å². The Hall–Kier alpha value is -1.59. The summed E-state index contributed by atoms with van der Waals surface area (Å²) in [7, 11) is 0. The first-order valence-corrected chi connectivity index (χ1v) is 11.0. The van der Waals surface area contributed by atoms with E-state index in [-0.39, 0.29) is 11.9 Å². The van der Waals surface area contributed by atoms with Crippen molar-refractivity contribution >= 4 is 6.03 Å². The Labute approximate surface area is 170 Å². The van der Waals surface area contributed by atoms with Gasteiger partial charge in [-0.15, -0.1) is 0 Å². The van der Waals surface area contributed by atoms with Gasteiger partial charge in [-0.05, 0) is 55.5 Å². The lowest BCUT2D eigenvalue weighted by molar-refractivity contribution is 0.0665. The molecule has 28 heavy (non-hydrogen) atoms. The van der Waals surface area contributed by atoms with E-state index in [0.29, 0.717) is 0 Å². The summed E-state index contributed by atoms with van der Waals surface area (Å²) in [5, 5.41) is 13.7. The fourth-order valence-electron chi connectivity index (χ4n) is 4.93. The monoisotopic (exact) mass is 387 g/mol. The molecule has 0 saturated carbocycles. The first-order chi connectivity index (χ1) is 13.5. The maximum Gasteiger partial charge on any atom is 0.317 e. The Morgan fingerprint density at radius 1 is 1.14 bits per heavy atom. The van der Waals surface area contributed by atoms with Gasteiger partial charge in [0.05, 0.1) is 6.10 Å². The predicted molar refractivity (Wildman–Crippen MR) is 113 cm³/mol. The van der Waals surface area contributed by atoms with Crippen molar-refractivity contribution in [2.24, 2.45) is 17.8 Å². The van der Waals surface area contributed by atoms with Crippen LogP contribution in [0.1, 0.15) is 51.2 Å². The topological polar surface area (TPSA) is 55.8 Å². The van der Waals surface area contributed by atoms with Gasteiger partial charge in [-0.1, -0.05) is 44.2 Å². The molecule has 3 atom stereocenters. The van der Waals surface area contributed by atoms with Crippen LogP contribution in [-0.4, -0.2) is 60.2 Å². The quantitative estimate of drug-likeness (QED) is 0.735. The summed E-state index contributed by atoms with van der Waals surface area (Å²) in [5.74, 6) is 1.80. The van der Waals surface area contributed by atoms with Gasteiger partial charge in [0.1, 0.15) is 0 Å². The van der Waals surface area contributed by atoms with Crippen molar-refractivity contribution in [3.8, 4) is 0 Å². The largest absolute Gasteiger partial charge is 0.388 e. The van der Waals surface area contributed by atoms with Crippen LogP contribution in [0.25, 0.3) is 0 Å². The smallest absolute Gasteiger partial charge is 0.317 e. The van der Waals surface area contributed by atoms with Crippen molar-refractivity contribution in [3.63, 3.8) is 0 Å². The van der Waals surface area contributed by atoms with Crippen molar-refractivity contribution in [1.29, 1.82) is 0 Å². The molecule has 0 aliphatic carbocycles. The number of piperidine rings is 2. The highest BCUT2D eigenvalue weighted by molar-refractivity contribution is 5.74. The number of carbonyl (C=O) groups is 1. The molecule has 2 heterocycles. The van der Waals surface area contributed by atoms with Crippen LogP contribution in [0, 0.1) is 17.8 Å². The second kappa shape index (κ2) is 10.3. The van der Waals surface area contributed by atoms with Crippen LogP contribution in [0.4, 0.5) is 4.79 Å². The highest BCUT2D eigenvalue weighted by Crippen LogP contribution is 2.30. The van der Waals surface area contributed by atoms with Gasteiger partial charge in [-0.25, -0.2) is 4.79 Å². The number of hydrogen-bond acceptors (Lipinski definition) is 3. The van der Waals surface area contributed by atoms with Crippen LogP contribution >= 0.6 is 0 Å². The number of hydrogen-bond donors (Lipinski definition) is 2. The maximum atomic E-state index is 12.4. The second-order valence-electron chi connectivity index (χ2n) is 8.97. The van der Waals surface area contributed by atoms with Crippen LogP contribution in [0.15, 0.2) is 30.3 Å². The van der Waals surface area contributed by atoms with E-state index in [1.54, 1.807) is 0 Å². The Bertz CT molecular complexity index is 591. The number of benzene rings is 1. The maximum absolute atomic E-state index is 12.4. The minimum Gasteiger partial charge on any atom is -0.388 e. The normalized spacial score (nSPS) is 25.5.